The van der Waals surface area contributed by atoms with Crippen LogP contribution in [-0.4, -0.2) is 79.0 Å². The first-order valence-electron chi connectivity index (χ1n) is 15.2. The van der Waals surface area contributed by atoms with Crippen LogP contribution in [0, 0.1) is 0 Å². The molecule has 0 radical (unpaired) electrons. The topological polar surface area (TPSA) is 93.1 Å². The van der Waals surface area contributed by atoms with Crippen LogP contribution in [0.25, 0.3) is 10.9 Å². The van der Waals surface area contributed by atoms with Crippen molar-refractivity contribution < 1.29 is 19.3 Å². The van der Waals surface area contributed by atoms with Crippen LogP contribution in [0.15, 0.2) is 59.2 Å². The van der Waals surface area contributed by atoms with Crippen LogP contribution < -0.4 is 19.1 Å². The zero-order chi connectivity index (χ0) is 31.9. The Bertz CT molecular complexity index is 1510. The summed E-state index contributed by atoms with van der Waals surface area (Å²) >= 11 is 3.61. The molecule has 0 bridgehead atoms. The Hall–Kier alpha value is -3.47. The van der Waals surface area contributed by atoms with Gasteiger partial charge in [0.2, 0.25) is 17.6 Å². The van der Waals surface area contributed by atoms with Gasteiger partial charge in [-0.2, -0.15) is 4.98 Å². The number of hydrogen-bond donors (Lipinski definition) is 1. The van der Waals surface area contributed by atoms with Crippen LogP contribution in [0.1, 0.15) is 56.7 Å². The van der Waals surface area contributed by atoms with Crippen molar-refractivity contribution in [3.63, 3.8) is 0 Å². The standard InChI is InChI=1S/C34H44BrN5O4/c1-8-40(9-2)29-15-12-23(22-36-29)32(27-19-24-18-26(35)13-14-28(24)37-33(27)42-7)34(41,16-17-39(5)6)25-20-30(43-10-3)38-31(21-25)44-11-4/h12-15,18-22,32,41H,8-11,16-17H2,1-7H3. The molecule has 1 N–H and O–H groups in total. The predicted octanol–water partition coefficient (Wildman–Crippen LogP) is 6.41. The Morgan fingerprint density at radius 1 is 0.909 bits per heavy atom. The number of rotatable bonds is 15. The van der Waals surface area contributed by atoms with Crippen molar-refractivity contribution in [3.8, 4) is 17.6 Å². The third kappa shape index (κ3) is 7.42. The molecule has 2 atom stereocenters. The van der Waals surface area contributed by atoms with Gasteiger partial charge in [-0.1, -0.05) is 22.0 Å². The third-order valence-corrected chi connectivity index (χ3v) is 8.24. The second kappa shape index (κ2) is 15.0. The highest BCUT2D eigenvalue weighted by molar-refractivity contribution is 9.10. The number of anilines is 1. The first-order valence-corrected chi connectivity index (χ1v) is 16.0. The quantitative estimate of drug-likeness (QED) is 0.155. The number of ether oxygens (including phenoxy) is 3. The lowest BCUT2D eigenvalue weighted by atomic mass is 9.72. The lowest BCUT2D eigenvalue weighted by Crippen LogP contribution is -2.38. The molecule has 0 saturated carbocycles. The molecular weight excluding hydrogens is 622 g/mol. The largest absolute Gasteiger partial charge is 0.481 e. The second-order valence-corrected chi connectivity index (χ2v) is 11.8. The molecule has 3 heterocycles. The van der Waals surface area contributed by atoms with Gasteiger partial charge < -0.3 is 29.1 Å². The van der Waals surface area contributed by atoms with Gasteiger partial charge in [0, 0.05) is 59.3 Å². The van der Waals surface area contributed by atoms with E-state index in [0.29, 0.717) is 49.4 Å². The molecule has 0 spiro atoms. The van der Waals surface area contributed by atoms with Gasteiger partial charge in [0.1, 0.15) is 11.4 Å². The van der Waals surface area contributed by atoms with E-state index in [2.05, 4.69) is 50.6 Å². The van der Waals surface area contributed by atoms with Crippen LogP contribution >= 0.6 is 15.9 Å². The van der Waals surface area contributed by atoms with Crippen molar-refractivity contribution in [2.75, 3.05) is 59.0 Å². The van der Waals surface area contributed by atoms with Crippen molar-refractivity contribution >= 4 is 32.7 Å². The summed E-state index contributed by atoms with van der Waals surface area (Å²) in [5.74, 6) is 1.46. The molecular formula is C34H44BrN5O4. The Balaban J connectivity index is 2.05. The van der Waals surface area contributed by atoms with E-state index in [1.807, 2.05) is 76.6 Å². The highest BCUT2D eigenvalue weighted by Crippen LogP contribution is 2.48. The number of aliphatic hydroxyl groups is 1. The average Bonchev–Trinajstić information content (AvgIpc) is 3.01. The number of methoxy groups -OCH3 is 1. The molecule has 0 aliphatic carbocycles. The van der Waals surface area contributed by atoms with Crippen molar-refractivity contribution in [1.82, 2.24) is 19.9 Å². The summed E-state index contributed by atoms with van der Waals surface area (Å²) in [5.41, 5.74) is 1.50. The van der Waals surface area contributed by atoms with Gasteiger partial charge in [-0.15, -0.1) is 0 Å². The minimum absolute atomic E-state index is 0.378. The molecule has 0 saturated heterocycles. The van der Waals surface area contributed by atoms with Gasteiger partial charge in [-0.25, -0.2) is 9.97 Å². The fourth-order valence-electron chi connectivity index (χ4n) is 5.56. The zero-order valence-corrected chi connectivity index (χ0v) is 28.4. The van der Waals surface area contributed by atoms with Crippen molar-refractivity contribution in [1.29, 1.82) is 0 Å². The molecule has 2 unspecified atom stereocenters. The van der Waals surface area contributed by atoms with Crippen LogP contribution in [0.5, 0.6) is 17.6 Å². The van der Waals surface area contributed by atoms with Gasteiger partial charge in [-0.3, -0.25) is 0 Å². The average molecular weight is 667 g/mol. The smallest absolute Gasteiger partial charge is 0.217 e. The first-order chi connectivity index (χ1) is 21.2. The second-order valence-electron chi connectivity index (χ2n) is 10.9. The minimum Gasteiger partial charge on any atom is -0.481 e. The van der Waals surface area contributed by atoms with E-state index < -0.39 is 11.5 Å². The van der Waals surface area contributed by atoms with E-state index in [9.17, 15) is 5.11 Å². The number of halogens is 1. The highest BCUT2D eigenvalue weighted by atomic mass is 79.9. The van der Waals surface area contributed by atoms with Crippen molar-refractivity contribution in [3.05, 3.63) is 75.9 Å². The number of hydrogen-bond acceptors (Lipinski definition) is 9. The molecule has 0 amide bonds. The maximum atomic E-state index is 13.2. The van der Waals surface area contributed by atoms with Crippen LogP contribution in [0.2, 0.25) is 0 Å². The van der Waals surface area contributed by atoms with Crippen LogP contribution in [-0.2, 0) is 5.60 Å². The SMILES string of the molecule is CCOc1cc(C(O)(CCN(C)C)C(c2ccc(N(CC)CC)nc2)c2cc3cc(Br)ccc3nc2OC)cc(OCC)n1. The summed E-state index contributed by atoms with van der Waals surface area (Å²) in [6, 6.07) is 15.7. The summed E-state index contributed by atoms with van der Waals surface area (Å²) < 4.78 is 18.6. The van der Waals surface area contributed by atoms with Crippen molar-refractivity contribution in [2.45, 2.75) is 45.6 Å². The Labute approximate surface area is 269 Å². The molecule has 9 nitrogen and oxygen atoms in total. The molecule has 4 aromatic rings. The van der Waals surface area contributed by atoms with Crippen molar-refractivity contribution in [2.24, 2.45) is 0 Å². The third-order valence-electron chi connectivity index (χ3n) is 7.75. The number of fused-ring (bicyclic) bond motifs is 1. The lowest BCUT2D eigenvalue weighted by molar-refractivity contribution is 0.00314. The minimum atomic E-state index is -1.47. The molecule has 0 aliphatic heterocycles. The molecule has 0 aliphatic rings. The van der Waals surface area contributed by atoms with Gasteiger partial charge >= 0.3 is 0 Å². The molecule has 236 valence electrons. The van der Waals surface area contributed by atoms with E-state index in [-0.39, 0.29) is 0 Å². The molecule has 3 aromatic heterocycles. The van der Waals surface area contributed by atoms with Gasteiger partial charge in [-0.05, 0) is 89.7 Å². The molecule has 1 aromatic carbocycles. The van der Waals surface area contributed by atoms with Gasteiger partial charge in [0.25, 0.3) is 0 Å². The molecule has 44 heavy (non-hydrogen) atoms. The lowest BCUT2D eigenvalue weighted by Gasteiger charge is -2.39. The molecule has 4 rings (SSSR count). The number of nitrogens with zero attached hydrogens (tertiary/aromatic N) is 5. The van der Waals surface area contributed by atoms with Crippen LogP contribution in [0.4, 0.5) is 5.82 Å². The van der Waals surface area contributed by atoms with Gasteiger partial charge in [0.05, 0.1) is 25.8 Å². The Morgan fingerprint density at radius 2 is 1.59 bits per heavy atom. The van der Waals surface area contributed by atoms with E-state index >= 15 is 0 Å². The number of benzene rings is 1. The normalized spacial score (nSPS) is 13.5. The van der Waals surface area contributed by atoms with Gasteiger partial charge in [0.15, 0.2) is 0 Å². The van der Waals surface area contributed by atoms with E-state index in [1.165, 1.54) is 0 Å². The summed E-state index contributed by atoms with van der Waals surface area (Å²) in [4.78, 5) is 18.6. The first kappa shape index (κ1) is 33.4. The monoisotopic (exact) mass is 665 g/mol. The zero-order valence-electron chi connectivity index (χ0n) is 26.8. The summed E-state index contributed by atoms with van der Waals surface area (Å²) in [6.45, 7) is 11.2. The fourth-order valence-corrected chi connectivity index (χ4v) is 5.93. The maximum absolute atomic E-state index is 13.2. The highest BCUT2D eigenvalue weighted by Gasteiger charge is 2.43. The fraction of sp³-hybridized carbons (Fsp3) is 0.441. The van der Waals surface area contributed by atoms with E-state index in [4.69, 9.17) is 24.2 Å². The molecule has 10 heteroatoms. The number of aromatic nitrogens is 3. The van der Waals surface area contributed by atoms with E-state index in [1.54, 1.807) is 7.11 Å². The Morgan fingerprint density at radius 3 is 2.14 bits per heavy atom. The van der Waals surface area contributed by atoms with Crippen LogP contribution in [0.3, 0.4) is 0 Å². The maximum Gasteiger partial charge on any atom is 0.217 e. The number of pyridine rings is 3. The summed E-state index contributed by atoms with van der Waals surface area (Å²) in [5, 5.41) is 14.1. The Kier molecular flexibility index (Phi) is 11.4. The van der Waals surface area contributed by atoms with E-state index in [0.717, 1.165) is 45.4 Å². The molecule has 0 fully saturated rings. The summed E-state index contributed by atoms with van der Waals surface area (Å²) in [7, 11) is 5.60. The summed E-state index contributed by atoms with van der Waals surface area (Å²) in [6.07, 6.45) is 2.24. The predicted molar refractivity (Wildman–Crippen MR) is 179 cm³/mol.